The molecule has 0 saturated heterocycles. The van der Waals surface area contributed by atoms with Crippen LogP contribution in [0.4, 0.5) is 9.59 Å². The number of carbonyl (C=O) groups excluding carboxylic acids is 2. The third kappa shape index (κ3) is 5.74. The van der Waals surface area contributed by atoms with E-state index in [1.54, 1.807) is 13.8 Å². The lowest BCUT2D eigenvalue weighted by atomic mass is 10.1. The lowest BCUT2D eigenvalue weighted by molar-refractivity contribution is 0.180. The normalized spacial score (nSPS) is 10.4. The maximum atomic E-state index is 10.9. The minimum absolute atomic E-state index is 0.211. The molecule has 0 aromatic carbocycles. The Morgan fingerprint density at radius 1 is 1.38 bits per heavy atom. The van der Waals surface area contributed by atoms with E-state index >= 15 is 0 Å². The van der Waals surface area contributed by atoms with Crippen LogP contribution in [0.25, 0.3) is 0 Å². The van der Waals surface area contributed by atoms with Crippen molar-refractivity contribution < 1.29 is 14.7 Å². The average molecular weight is 190 g/mol. The number of urea groups is 2. The van der Waals surface area contributed by atoms with Crippen molar-refractivity contribution in [2.24, 2.45) is 5.73 Å². The number of hydrogen-bond donors (Lipinski definition) is 5. The molecule has 0 aliphatic carbocycles. The molecule has 0 aromatic rings. The van der Waals surface area contributed by atoms with Gasteiger partial charge in [0.15, 0.2) is 0 Å². The first-order chi connectivity index (χ1) is 5.87. The molecule has 0 unspecified atom stereocenters. The maximum Gasteiger partial charge on any atom is 0.334 e. The number of nitrogens with one attached hydrogen (secondary N) is 3. The van der Waals surface area contributed by atoms with Crippen LogP contribution < -0.4 is 21.9 Å². The van der Waals surface area contributed by atoms with E-state index in [4.69, 9.17) is 10.8 Å². The van der Waals surface area contributed by atoms with Gasteiger partial charge in [-0.2, -0.15) is 0 Å². The Balaban J connectivity index is 3.81. The van der Waals surface area contributed by atoms with Gasteiger partial charge in [0.1, 0.15) is 0 Å². The molecule has 4 amide bonds. The summed E-state index contributed by atoms with van der Waals surface area (Å²) in [6, 6.07) is -1.50. The first-order valence-electron chi connectivity index (χ1n) is 3.62. The number of primary amides is 1. The molecule has 7 nitrogen and oxygen atoms in total. The van der Waals surface area contributed by atoms with Crippen LogP contribution in [0.5, 0.6) is 0 Å². The summed E-state index contributed by atoms with van der Waals surface area (Å²) in [4.78, 5) is 21.1. The Kier molecular flexibility index (Phi) is 3.99. The van der Waals surface area contributed by atoms with Gasteiger partial charge in [0.05, 0.1) is 12.1 Å². The monoisotopic (exact) mass is 190 g/mol. The van der Waals surface area contributed by atoms with Crippen molar-refractivity contribution >= 4 is 12.1 Å². The van der Waals surface area contributed by atoms with E-state index in [1.165, 1.54) is 0 Å². The summed E-state index contributed by atoms with van der Waals surface area (Å²) in [6.45, 7) is 3.03. The van der Waals surface area contributed by atoms with Crippen LogP contribution in [0.3, 0.4) is 0 Å². The highest BCUT2D eigenvalue weighted by molar-refractivity contribution is 5.79. The van der Waals surface area contributed by atoms with Gasteiger partial charge in [-0.05, 0) is 13.8 Å². The average Bonchev–Trinajstić information content (AvgIpc) is 2.00. The molecule has 0 rings (SSSR count). The van der Waals surface area contributed by atoms with Crippen LogP contribution in [0.2, 0.25) is 0 Å². The molecular weight excluding hydrogens is 176 g/mol. The molecule has 0 aliphatic heterocycles. The number of nitrogens with two attached hydrogens (primary N) is 1. The summed E-state index contributed by atoms with van der Waals surface area (Å²) in [5, 5.41) is 11.2. The predicted octanol–water partition coefficient (Wildman–Crippen LogP) is -1.36. The predicted molar refractivity (Wildman–Crippen MR) is 45.6 cm³/mol. The fourth-order valence-corrected chi connectivity index (χ4v) is 0.496. The zero-order valence-corrected chi connectivity index (χ0v) is 7.55. The van der Waals surface area contributed by atoms with Gasteiger partial charge in [0.2, 0.25) is 0 Å². The number of aliphatic hydroxyl groups excluding tert-OH is 1. The van der Waals surface area contributed by atoms with E-state index in [2.05, 4.69) is 5.32 Å². The quantitative estimate of drug-likeness (QED) is 0.346. The number of aliphatic hydroxyl groups is 1. The molecule has 0 radical (unpaired) electrons. The van der Waals surface area contributed by atoms with Crippen LogP contribution >= 0.6 is 0 Å². The molecule has 0 aromatic heterocycles. The molecule has 0 bridgehead atoms. The van der Waals surface area contributed by atoms with Crippen LogP contribution in [0.1, 0.15) is 13.8 Å². The summed E-state index contributed by atoms with van der Waals surface area (Å²) < 4.78 is 0. The maximum absolute atomic E-state index is 10.9. The topological polar surface area (TPSA) is 116 Å². The molecule has 0 fully saturated rings. The number of carbonyl (C=O) groups is 2. The van der Waals surface area contributed by atoms with Crippen LogP contribution in [0.15, 0.2) is 0 Å². The minimum Gasteiger partial charge on any atom is -0.394 e. The summed E-state index contributed by atoms with van der Waals surface area (Å²) in [5.41, 5.74) is 7.82. The number of hydrogen-bond acceptors (Lipinski definition) is 3. The third-order valence-corrected chi connectivity index (χ3v) is 1.15. The van der Waals surface area contributed by atoms with Gasteiger partial charge in [-0.3, -0.25) is 0 Å². The van der Waals surface area contributed by atoms with E-state index in [0.29, 0.717) is 0 Å². The third-order valence-electron chi connectivity index (χ3n) is 1.15. The Bertz CT molecular complexity index is 204. The van der Waals surface area contributed by atoms with Crippen LogP contribution in [-0.2, 0) is 0 Å². The lowest BCUT2D eigenvalue weighted by Gasteiger charge is -2.23. The van der Waals surface area contributed by atoms with Gasteiger partial charge >= 0.3 is 12.1 Å². The second-order valence-corrected chi connectivity index (χ2v) is 3.11. The fourth-order valence-electron chi connectivity index (χ4n) is 0.496. The van der Waals surface area contributed by atoms with Crippen LogP contribution in [0, 0.1) is 0 Å². The zero-order chi connectivity index (χ0) is 10.5. The van der Waals surface area contributed by atoms with E-state index in [1.807, 2.05) is 10.9 Å². The number of amides is 4. The Morgan fingerprint density at radius 3 is 2.31 bits per heavy atom. The number of rotatable bonds is 2. The van der Waals surface area contributed by atoms with Crippen molar-refractivity contribution in [3.63, 3.8) is 0 Å². The van der Waals surface area contributed by atoms with Gasteiger partial charge in [0.25, 0.3) is 0 Å². The first kappa shape index (κ1) is 11.5. The molecule has 13 heavy (non-hydrogen) atoms. The standard InChI is InChI=1S/C6H14N4O3/c1-6(2,3-11)8-5(13)10-9-4(7)12/h11H,3H2,1-2H3,(H3,7,9,12)(H2,8,10,13). The van der Waals surface area contributed by atoms with Crippen molar-refractivity contribution in [2.45, 2.75) is 19.4 Å². The molecule has 6 N–H and O–H groups in total. The highest BCUT2D eigenvalue weighted by atomic mass is 16.3. The second kappa shape index (κ2) is 4.51. The van der Waals surface area contributed by atoms with Crippen molar-refractivity contribution in [2.75, 3.05) is 6.61 Å². The Hall–Kier alpha value is -1.50. The molecule has 0 atom stereocenters. The van der Waals surface area contributed by atoms with Gasteiger partial charge in [-0.25, -0.2) is 20.4 Å². The lowest BCUT2D eigenvalue weighted by Crippen LogP contribution is -2.55. The fraction of sp³-hybridized carbons (Fsp3) is 0.667. The summed E-state index contributed by atoms with van der Waals surface area (Å²) in [6.07, 6.45) is 0. The summed E-state index contributed by atoms with van der Waals surface area (Å²) in [5.74, 6) is 0. The van der Waals surface area contributed by atoms with Gasteiger partial charge < -0.3 is 16.2 Å². The molecule has 7 heteroatoms. The Morgan fingerprint density at radius 2 is 1.92 bits per heavy atom. The van der Waals surface area contributed by atoms with E-state index < -0.39 is 17.6 Å². The molecule has 0 saturated carbocycles. The summed E-state index contributed by atoms with van der Waals surface area (Å²) >= 11 is 0. The molecule has 0 heterocycles. The van der Waals surface area contributed by atoms with Crippen molar-refractivity contribution in [3.05, 3.63) is 0 Å². The molecular formula is C6H14N4O3. The smallest absolute Gasteiger partial charge is 0.334 e. The van der Waals surface area contributed by atoms with E-state index in [9.17, 15) is 9.59 Å². The first-order valence-corrected chi connectivity index (χ1v) is 3.62. The molecule has 0 aliphatic rings. The number of hydrazine groups is 1. The van der Waals surface area contributed by atoms with Crippen LogP contribution in [-0.4, -0.2) is 29.3 Å². The summed E-state index contributed by atoms with van der Waals surface area (Å²) in [7, 11) is 0. The molecule has 76 valence electrons. The zero-order valence-electron chi connectivity index (χ0n) is 7.55. The highest BCUT2D eigenvalue weighted by Gasteiger charge is 2.18. The van der Waals surface area contributed by atoms with Gasteiger partial charge in [0, 0.05) is 0 Å². The SMILES string of the molecule is CC(C)(CO)NC(=O)NNC(N)=O. The van der Waals surface area contributed by atoms with Crippen molar-refractivity contribution in [1.29, 1.82) is 0 Å². The second-order valence-electron chi connectivity index (χ2n) is 3.11. The van der Waals surface area contributed by atoms with Gasteiger partial charge in [-0.15, -0.1) is 0 Å². The largest absolute Gasteiger partial charge is 0.394 e. The van der Waals surface area contributed by atoms with E-state index in [0.717, 1.165) is 0 Å². The van der Waals surface area contributed by atoms with Crippen molar-refractivity contribution in [3.8, 4) is 0 Å². The minimum atomic E-state index is -0.864. The van der Waals surface area contributed by atoms with Crippen molar-refractivity contribution in [1.82, 2.24) is 16.2 Å². The van der Waals surface area contributed by atoms with E-state index in [-0.39, 0.29) is 6.61 Å². The highest BCUT2D eigenvalue weighted by Crippen LogP contribution is 1.97. The van der Waals surface area contributed by atoms with Gasteiger partial charge in [-0.1, -0.05) is 0 Å². The Labute approximate surface area is 75.6 Å². The molecule has 0 spiro atoms.